The zero-order valence-electron chi connectivity index (χ0n) is 12.0. The molecule has 0 saturated carbocycles. The van der Waals surface area contributed by atoms with E-state index in [0.29, 0.717) is 24.4 Å². The number of carbonyl (C=O) groups excluding carboxylic acids is 1. The van der Waals surface area contributed by atoms with Gasteiger partial charge in [-0.25, -0.2) is 0 Å². The highest BCUT2D eigenvalue weighted by molar-refractivity contribution is 5.94. The quantitative estimate of drug-likeness (QED) is 0.784. The summed E-state index contributed by atoms with van der Waals surface area (Å²) in [4.78, 5) is 14.0. The maximum Gasteiger partial charge on any atom is 0.251 e. The molecule has 0 fully saturated rings. The van der Waals surface area contributed by atoms with Crippen molar-refractivity contribution in [3.8, 4) is 0 Å². The molecule has 0 radical (unpaired) electrons. The van der Waals surface area contributed by atoms with Gasteiger partial charge in [0.1, 0.15) is 0 Å². The summed E-state index contributed by atoms with van der Waals surface area (Å²) in [6, 6.07) is 7.66. The second-order valence-corrected chi connectivity index (χ2v) is 5.26. The van der Waals surface area contributed by atoms with E-state index in [1.165, 1.54) is 5.56 Å². The molecule has 0 aliphatic rings. The highest BCUT2D eigenvalue weighted by Crippen LogP contribution is 2.06. The van der Waals surface area contributed by atoms with Crippen molar-refractivity contribution in [2.75, 3.05) is 27.2 Å². The Kier molecular flexibility index (Phi) is 6.53. The molecule has 1 aromatic rings. The van der Waals surface area contributed by atoms with E-state index in [0.717, 1.165) is 6.54 Å². The average Bonchev–Trinajstić information content (AvgIpc) is 2.36. The summed E-state index contributed by atoms with van der Waals surface area (Å²) in [5, 5.41) is 11.7. The molecule has 0 bridgehead atoms. The summed E-state index contributed by atoms with van der Waals surface area (Å²) < 4.78 is 0. The summed E-state index contributed by atoms with van der Waals surface area (Å²) in [6.07, 6.45) is 0.710. The lowest BCUT2D eigenvalue weighted by atomic mass is 10.1. The Morgan fingerprint density at radius 3 is 2.47 bits per heavy atom. The van der Waals surface area contributed by atoms with Crippen LogP contribution < -0.4 is 5.32 Å². The number of carbonyl (C=O) groups is 1. The van der Waals surface area contributed by atoms with Crippen molar-refractivity contribution in [1.29, 1.82) is 0 Å². The van der Waals surface area contributed by atoms with Crippen LogP contribution in [0.1, 0.15) is 29.3 Å². The molecule has 0 heterocycles. The number of nitrogens with zero attached hydrogens (tertiary/aromatic N) is 1. The van der Waals surface area contributed by atoms with Gasteiger partial charge in [0.05, 0.1) is 0 Å². The van der Waals surface area contributed by atoms with Gasteiger partial charge in [-0.05, 0) is 44.1 Å². The van der Waals surface area contributed by atoms with Gasteiger partial charge in [-0.1, -0.05) is 19.1 Å². The Balaban J connectivity index is 2.48. The van der Waals surface area contributed by atoms with Crippen LogP contribution in [0.25, 0.3) is 0 Å². The molecular formula is C15H24N2O2. The first-order chi connectivity index (χ1) is 9.02. The van der Waals surface area contributed by atoms with Crippen LogP contribution in [0.2, 0.25) is 0 Å². The summed E-state index contributed by atoms with van der Waals surface area (Å²) >= 11 is 0. The molecule has 1 rings (SSSR count). The minimum Gasteiger partial charge on any atom is -0.396 e. The Labute approximate surface area is 115 Å². The fourth-order valence-corrected chi connectivity index (χ4v) is 1.82. The van der Waals surface area contributed by atoms with Gasteiger partial charge in [0.2, 0.25) is 0 Å². The van der Waals surface area contributed by atoms with E-state index in [9.17, 15) is 4.79 Å². The summed E-state index contributed by atoms with van der Waals surface area (Å²) in [7, 11) is 4.03. The van der Waals surface area contributed by atoms with Crippen molar-refractivity contribution in [2.45, 2.75) is 19.9 Å². The third-order valence-electron chi connectivity index (χ3n) is 2.95. The molecule has 19 heavy (non-hydrogen) atoms. The van der Waals surface area contributed by atoms with Crippen molar-refractivity contribution in [3.63, 3.8) is 0 Å². The Morgan fingerprint density at radius 1 is 1.32 bits per heavy atom. The van der Waals surface area contributed by atoms with Gasteiger partial charge >= 0.3 is 0 Å². The van der Waals surface area contributed by atoms with Crippen molar-refractivity contribution >= 4 is 5.91 Å². The first-order valence-electron chi connectivity index (χ1n) is 6.65. The van der Waals surface area contributed by atoms with Crippen molar-refractivity contribution in [2.24, 2.45) is 5.92 Å². The number of aliphatic hydroxyl groups excluding tert-OH is 1. The molecule has 2 N–H and O–H groups in total. The molecular weight excluding hydrogens is 240 g/mol. The minimum atomic E-state index is -0.0545. The average molecular weight is 264 g/mol. The van der Waals surface area contributed by atoms with E-state index in [1.807, 2.05) is 45.3 Å². The fourth-order valence-electron chi connectivity index (χ4n) is 1.82. The first kappa shape index (κ1) is 15.7. The third-order valence-corrected chi connectivity index (χ3v) is 2.95. The molecule has 106 valence electrons. The predicted molar refractivity (Wildman–Crippen MR) is 77.0 cm³/mol. The van der Waals surface area contributed by atoms with Crippen molar-refractivity contribution in [3.05, 3.63) is 35.4 Å². The van der Waals surface area contributed by atoms with E-state index in [-0.39, 0.29) is 12.5 Å². The number of aliphatic hydroxyl groups is 1. The van der Waals surface area contributed by atoms with E-state index in [2.05, 4.69) is 10.2 Å². The Morgan fingerprint density at radius 2 is 1.95 bits per heavy atom. The van der Waals surface area contributed by atoms with Crippen LogP contribution in [0.4, 0.5) is 0 Å². The largest absolute Gasteiger partial charge is 0.396 e. The monoisotopic (exact) mass is 264 g/mol. The van der Waals surface area contributed by atoms with Gasteiger partial charge in [-0.15, -0.1) is 0 Å². The predicted octanol–water partition coefficient (Wildman–Crippen LogP) is 1.50. The number of amides is 1. The lowest BCUT2D eigenvalue weighted by Crippen LogP contribution is -2.28. The molecule has 0 aliphatic heterocycles. The summed E-state index contributed by atoms with van der Waals surface area (Å²) in [5.41, 5.74) is 1.87. The van der Waals surface area contributed by atoms with Crippen LogP contribution >= 0.6 is 0 Å². The molecule has 0 spiro atoms. The maximum absolute atomic E-state index is 11.9. The van der Waals surface area contributed by atoms with Crippen molar-refractivity contribution in [1.82, 2.24) is 10.2 Å². The van der Waals surface area contributed by atoms with Crippen LogP contribution in [0.5, 0.6) is 0 Å². The lowest BCUT2D eigenvalue weighted by molar-refractivity contribution is 0.0945. The van der Waals surface area contributed by atoms with Gasteiger partial charge in [-0.2, -0.15) is 0 Å². The van der Waals surface area contributed by atoms with E-state index < -0.39 is 0 Å². The number of hydrogen-bond donors (Lipinski definition) is 2. The smallest absolute Gasteiger partial charge is 0.251 e. The third kappa shape index (κ3) is 5.85. The Hall–Kier alpha value is -1.39. The van der Waals surface area contributed by atoms with Gasteiger partial charge in [-0.3, -0.25) is 4.79 Å². The molecule has 4 nitrogen and oxygen atoms in total. The van der Waals surface area contributed by atoms with Gasteiger partial charge in [0.25, 0.3) is 5.91 Å². The summed E-state index contributed by atoms with van der Waals surface area (Å²) in [5.74, 6) is 0.239. The minimum absolute atomic E-state index is 0.0545. The second kappa shape index (κ2) is 7.92. The van der Waals surface area contributed by atoms with Crippen LogP contribution in [-0.2, 0) is 6.54 Å². The number of rotatable bonds is 7. The highest BCUT2D eigenvalue weighted by atomic mass is 16.3. The zero-order chi connectivity index (χ0) is 14.3. The lowest BCUT2D eigenvalue weighted by Gasteiger charge is -2.12. The number of hydrogen-bond acceptors (Lipinski definition) is 3. The molecule has 0 aliphatic carbocycles. The molecule has 1 aromatic carbocycles. The molecule has 1 unspecified atom stereocenters. The molecule has 4 heteroatoms. The fraction of sp³-hybridized carbons (Fsp3) is 0.533. The highest BCUT2D eigenvalue weighted by Gasteiger charge is 2.07. The Bertz CT molecular complexity index is 388. The normalized spacial score (nSPS) is 12.5. The van der Waals surface area contributed by atoms with Crippen LogP contribution in [0.15, 0.2) is 24.3 Å². The van der Waals surface area contributed by atoms with Crippen LogP contribution in [-0.4, -0.2) is 43.2 Å². The first-order valence-corrected chi connectivity index (χ1v) is 6.65. The van der Waals surface area contributed by atoms with Gasteiger partial charge in [0.15, 0.2) is 0 Å². The van der Waals surface area contributed by atoms with Crippen LogP contribution in [0, 0.1) is 5.92 Å². The molecule has 0 saturated heterocycles. The molecule has 1 amide bonds. The zero-order valence-corrected chi connectivity index (χ0v) is 12.0. The van der Waals surface area contributed by atoms with Gasteiger partial charge in [0, 0.05) is 25.3 Å². The van der Waals surface area contributed by atoms with E-state index >= 15 is 0 Å². The van der Waals surface area contributed by atoms with Gasteiger partial charge < -0.3 is 15.3 Å². The number of nitrogens with one attached hydrogen (secondary N) is 1. The maximum atomic E-state index is 11.9. The topological polar surface area (TPSA) is 52.6 Å². The number of benzene rings is 1. The van der Waals surface area contributed by atoms with E-state index in [1.54, 1.807) is 0 Å². The molecule has 1 atom stereocenters. The van der Waals surface area contributed by atoms with E-state index in [4.69, 9.17) is 5.11 Å². The van der Waals surface area contributed by atoms with Crippen LogP contribution in [0.3, 0.4) is 0 Å². The SMILES string of the molecule is CC(CCO)CNC(=O)c1ccc(CN(C)C)cc1. The second-order valence-electron chi connectivity index (χ2n) is 5.26. The standard InChI is InChI=1S/C15H24N2O2/c1-12(8-9-18)10-16-15(19)14-6-4-13(5-7-14)11-17(2)3/h4-7,12,18H,8-11H2,1-3H3,(H,16,19). The van der Waals surface area contributed by atoms with Crippen molar-refractivity contribution < 1.29 is 9.90 Å². The molecule has 0 aromatic heterocycles. The summed E-state index contributed by atoms with van der Waals surface area (Å²) in [6.45, 7) is 3.64.